The number of hydrogen-bond acceptors (Lipinski definition) is 7. The molecule has 0 amide bonds. The molecular formula is C32H44N4O5. The lowest BCUT2D eigenvalue weighted by Crippen LogP contribution is -2.46. The van der Waals surface area contributed by atoms with Gasteiger partial charge in [0.25, 0.3) is 0 Å². The molecule has 2 aromatic heterocycles. The first-order chi connectivity index (χ1) is 19.5. The molecule has 3 aliphatic rings. The first-order valence-electron chi connectivity index (χ1n) is 14.9. The number of carboxylic acids is 1. The second-order valence-electron chi connectivity index (χ2n) is 12.7. The molecule has 0 saturated carbocycles. The summed E-state index contributed by atoms with van der Waals surface area (Å²) in [6.07, 6.45) is 4.83. The van der Waals surface area contributed by atoms with E-state index in [1.54, 1.807) is 4.52 Å². The molecule has 1 unspecified atom stereocenters. The van der Waals surface area contributed by atoms with Crippen LogP contribution in [0.4, 0.5) is 5.82 Å². The van der Waals surface area contributed by atoms with E-state index >= 15 is 0 Å². The summed E-state index contributed by atoms with van der Waals surface area (Å²) < 4.78 is 20.5. The van der Waals surface area contributed by atoms with E-state index in [9.17, 15) is 9.90 Å². The molecular weight excluding hydrogens is 520 g/mol. The monoisotopic (exact) mass is 564 g/mol. The summed E-state index contributed by atoms with van der Waals surface area (Å²) in [7, 11) is 0. The van der Waals surface area contributed by atoms with Crippen LogP contribution in [0.15, 0.2) is 30.3 Å². The highest BCUT2D eigenvalue weighted by Crippen LogP contribution is 2.37. The Morgan fingerprint density at radius 2 is 1.85 bits per heavy atom. The number of hydrogen-bond donors (Lipinski definition) is 1. The smallest absolute Gasteiger partial charge is 0.337 e. The minimum absolute atomic E-state index is 0.218. The van der Waals surface area contributed by atoms with Crippen molar-refractivity contribution in [3.05, 3.63) is 58.4 Å². The molecule has 3 aliphatic heterocycles. The summed E-state index contributed by atoms with van der Waals surface area (Å²) in [4.78, 5) is 19.6. The predicted molar refractivity (Wildman–Crippen MR) is 157 cm³/mol. The number of aliphatic carboxylic acids is 1. The minimum Gasteiger partial charge on any atom is -0.479 e. The van der Waals surface area contributed by atoms with Crippen molar-refractivity contribution in [3.8, 4) is 0 Å². The number of rotatable bonds is 3. The summed E-state index contributed by atoms with van der Waals surface area (Å²) in [5.74, 6) is -0.324. The Hall–Kier alpha value is -3.01. The van der Waals surface area contributed by atoms with E-state index in [2.05, 4.69) is 36.1 Å². The van der Waals surface area contributed by atoms with Crippen LogP contribution >= 0.6 is 0 Å². The fourth-order valence-electron chi connectivity index (χ4n) is 5.84. The van der Waals surface area contributed by atoms with Gasteiger partial charge in [0.05, 0.1) is 35.7 Å². The highest BCUT2D eigenvalue weighted by molar-refractivity contribution is 5.78. The summed E-state index contributed by atoms with van der Waals surface area (Å²) in [6, 6.07) is 10.5. The van der Waals surface area contributed by atoms with Gasteiger partial charge < -0.3 is 24.2 Å². The van der Waals surface area contributed by atoms with Crippen LogP contribution in [-0.2, 0) is 38.6 Å². The molecule has 222 valence electrons. The number of fused-ring (bicyclic) bond motifs is 9. The molecule has 41 heavy (non-hydrogen) atoms. The maximum Gasteiger partial charge on any atom is 0.337 e. The van der Waals surface area contributed by atoms with Gasteiger partial charge in [-0.15, -0.1) is 0 Å². The number of aryl methyl sites for hydroxylation is 2. The molecule has 1 saturated heterocycles. The third-order valence-electron chi connectivity index (χ3n) is 8.00. The van der Waals surface area contributed by atoms with Crippen molar-refractivity contribution in [1.29, 1.82) is 0 Å². The Labute approximate surface area is 242 Å². The Bertz CT molecular complexity index is 1370. The Balaban J connectivity index is 1.55. The molecule has 1 N–H and O–H groups in total. The lowest BCUT2D eigenvalue weighted by molar-refractivity contribution is -0.160. The molecule has 0 spiro atoms. The second kappa shape index (κ2) is 12.1. The van der Waals surface area contributed by atoms with Gasteiger partial charge in [-0.2, -0.15) is 9.61 Å². The van der Waals surface area contributed by atoms with Crippen LogP contribution in [0.1, 0.15) is 94.0 Å². The van der Waals surface area contributed by atoms with Crippen molar-refractivity contribution in [2.75, 3.05) is 24.6 Å². The number of aromatic nitrogens is 3. The van der Waals surface area contributed by atoms with Crippen molar-refractivity contribution in [1.82, 2.24) is 14.6 Å². The predicted octanol–water partition coefficient (Wildman–Crippen LogP) is 5.80. The number of carboxylic acid groups (broad SMARTS) is 1. The zero-order valence-electron chi connectivity index (χ0n) is 25.1. The normalized spacial score (nSPS) is 19.4. The molecule has 6 bridgehead atoms. The van der Waals surface area contributed by atoms with Gasteiger partial charge in [-0.25, -0.2) is 9.78 Å². The molecule has 0 radical (unpaired) electrons. The van der Waals surface area contributed by atoms with E-state index in [1.165, 1.54) is 5.56 Å². The number of nitrogens with zero attached hydrogens (tertiary/aromatic N) is 4. The number of carbonyl (C=O) groups is 1. The Kier molecular flexibility index (Phi) is 8.68. The SMILES string of the molecule is Cc1nc2cc3nn2c(c1C(OC(C)(C)C)C(=O)O)N1CCC(C)(CC1)OCCCCCc1cccc(c1)COC3. The van der Waals surface area contributed by atoms with E-state index < -0.39 is 17.7 Å². The lowest BCUT2D eigenvalue weighted by Gasteiger charge is -2.41. The average Bonchev–Trinajstić information content (AvgIpc) is 3.30. The molecule has 1 fully saturated rings. The fourth-order valence-corrected chi connectivity index (χ4v) is 5.84. The van der Waals surface area contributed by atoms with Crippen molar-refractivity contribution < 1.29 is 24.1 Å². The van der Waals surface area contributed by atoms with Gasteiger partial charge in [0, 0.05) is 31.5 Å². The van der Waals surface area contributed by atoms with Gasteiger partial charge in [0.15, 0.2) is 11.8 Å². The van der Waals surface area contributed by atoms with Crippen LogP contribution in [0.25, 0.3) is 5.65 Å². The fraction of sp³-hybridized carbons (Fsp3) is 0.594. The van der Waals surface area contributed by atoms with E-state index in [0.29, 0.717) is 43.2 Å². The molecule has 5 heterocycles. The van der Waals surface area contributed by atoms with Gasteiger partial charge in [0.1, 0.15) is 5.82 Å². The summed E-state index contributed by atoms with van der Waals surface area (Å²) in [5, 5.41) is 15.2. The number of ether oxygens (including phenoxy) is 3. The highest BCUT2D eigenvalue weighted by Gasteiger charge is 2.37. The van der Waals surface area contributed by atoms with E-state index in [-0.39, 0.29) is 5.60 Å². The third-order valence-corrected chi connectivity index (χ3v) is 8.00. The number of anilines is 1. The van der Waals surface area contributed by atoms with Gasteiger partial charge in [-0.05, 0) is 77.8 Å². The molecule has 6 rings (SSSR count). The topological polar surface area (TPSA) is 98.4 Å². The molecule has 9 heteroatoms. The Morgan fingerprint density at radius 1 is 1.10 bits per heavy atom. The first-order valence-corrected chi connectivity index (χ1v) is 14.9. The molecule has 1 aromatic carbocycles. The van der Waals surface area contributed by atoms with E-state index in [1.807, 2.05) is 33.8 Å². The Morgan fingerprint density at radius 3 is 2.59 bits per heavy atom. The van der Waals surface area contributed by atoms with Gasteiger partial charge >= 0.3 is 5.97 Å². The largest absolute Gasteiger partial charge is 0.479 e. The maximum absolute atomic E-state index is 12.6. The van der Waals surface area contributed by atoms with Crippen LogP contribution in [0.3, 0.4) is 0 Å². The zero-order chi connectivity index (χ0) is 29.2. The highest BCUT2D eigenvalue weighted by atomic mass is 16.5. The van der Waals surface area contributed by atoms with Crippen LogP contribution < -0.4 is 4.90 Å². The average molecular weight is 565 g/mol. The van der Waals surface area contributed by atoms with Crippen LogP contribution in [0, 0.1) is 6.92 Å². The summed E-state index contributed by atoms with van der Waals surface area (Å²) in [5.41, 5.74) is 4.15. The quantitative estimate of drug-likeness (QED) is 0.426. The third kappa shape index (κ3) is 7.08. The van der Waals surface area contributed by atoms with Crippen LogP contribution in [0.2, 0.25) is 0 Å². The molecule has 0 aliphatic carbocycles. The van der Waals surface area contributed by atoms with Crippen molar-refractivity contribution in [3.63, 3.8) is 0 Å². The van der Waals surface area contributed by atoms with Crippen LogP contribution in [0.5, 0.6) is 0 Å². The minimum atomic E-state index is -1.19. The summed E-state index contributed by atoms with van der Waals surface area (Å²) >= 11 is 0. The number of benzene rings is 1. The molecule has 9 nitrogen and oxygen atoms in total. The first kappa shape index (κ1) is 29.5. The standard InChI is InChI=1S/C32H44N4O5/c1-22-27(28(30(37)38)41-31(2,3)4)29-35-15-13-32(5,14-16-35)40-17-8-6-7-10-23-11-9-12-24(18-23)20-39-21-25-19-26(33-22)36(29)34-25/h9,11-12,18-19,28H,6-8,10,13-17,20-21H2,1-5H3,(H,37,38). The zero-order valence-corrected chi connectivity index (χ0v) is 25.1. The van der Waals surface area contributed by atoms with E-state index in [4.69, 9.17) is 24.3 Å². The lowest BCUT2D eigenvalue weighted by atomic mass is 9.92. The number of piperidine rings is 1. The summed E-state index contributed by atoms with van der Waals surface area (Å²) in [6.45, 7) is 12.6. The van der Waals surface area contributed by atoms with E-state index in [0.717, 1.165) is 62.2 Å². The van der Waals surface area contributed by atoms with Crippen molar-refractivity contribution in [2.24, 2.45) is 0 Å². The van der Waals surface area contributed by atoms with Crippen molar-refractivity contribution >= 4 is 17.4 Å². The van der Waals surface area contributed by atoms with Gasteiger partial charge in [-0.3, -0.25) is 0 Å². The molecule has 3 aromatic rings. The van der Waals surface area contributed by atoms with Crippen LogP contribution in [-0.4, -0.2) is 56.6 Å². The maximum atomic E-state index is 12.6. The van der Waals surface area contributed by atoms with Crippen molar-refractivity contribution in [2.45, 2.75) is 104 Å². The van der Waals surface area contributed by atoms with Gasteiger partial charge in [-0.1, -0.05) is 30.7 Å². The van der Waals surface area contributed by atoms with Gasteiger partial charge in [0.2, 0.25) is 0 Å². The second-order valence-corrected chi connectivity index (χ2v) is 12.7. The molecule has 1 atom stereocenters.